The van der Waals surface area contributed by atoms with Gasteiger partial charge in [-0.15, -0.1) is 11.8 Å². The summed E-state index contributed by atoms with van der Waals surface area (Å²) in [6.07, 6.45) is 1.08. The molecule has 0 bridgehead atoms. The van der Waals surface area contributed by atoms with E-state index < -0.39 is 0 Å². The second kappa shape index (κ2) is 8.36. The van der Waals surface area contributed by atoms with Crippen molar-refractivity contribution in [3.63, 3.8) is 0 Å². The van der Waals surface area contributed by atoms with Crippen LogP contribution in [0.1, 0.15) is 13.3 Å². The highest BCUT2D eigenvalue weighted by Crippen LogP contribution is 2.39. The minimum atomic E-state index is -0.0474. The first-order chi connectivity index (χ1) is 12.6. The highest BCUT2D eigenvalue weighted by molar-refractivity contribution is 8.00. The van der Waals surface area contributed by atoms with Crippen molar-refractivity contribution in [1.29, 1.82) is 0 Å². The van der Waals surface area contributed by atoms with Crippen molar-refractivity contribution in [3.8, 4) is 11.5 Å². The number of nitrogens with zero attached hydrogens (tertiary/aromatic N) is 1. The summed E-state index contributed by atoms with van der Waals surface area (Å²) in [5.41, 5.74) is 1.82. The van der Waals surface area contributed by atoms with Gasteiger partial charge in [0.15, 0.2) is 11.5 Å². The third kappa shape index (κ3) is 4.07. The molecule has 0 fully saturated rings. The highest BCUT2D eigenvalue weighted by atomic mass is 32.2. The van der Waals surface area contributed by atoms with Crippen molar-refractivity contribution in [2.75, 3.05) is 37.5 Å². The minimum Gasteiger partial charge on any atom is -0.493 e. The Kier molecular flexibility index (Phi) is 5.93. The molecule has 1 aliphatic heterocycles. The van der Waals surface area contributed by atoms with Gasteiger partial charge in [-0.1, -0.05) is 19.1 Å². The van der Waals surface area contributed by atoms with Crippen LogP contribution in [-0.2, 0) is 4.79 Å². The number of para-hydroxylation sites is 1. The number of fused-ring (bicyclic) bond motifs is 1. The molecule has 2 aromatic carbocycles. The zero-order valence-electron chi connectivity index (χ0n) is 15.3. The van der Waals surface area contributed by atoms with Crippen molar-refractivity contribution in [1.82, 2.24) is 0 Å². The molecule has 0 radical (unpaired) electrons. The lowest BCUT2D eigenvalue weighted by Crippen LogP contribution is -2.40. The van der Waals surface area contributed by atoms with Crippen LogP contribution in [0.15, 0.2) is 47.4 Å². The zero-order chi connectivity index (χ0) is 18.5. The van der Waals surface area contributed by atoms with Crippen molar-refractivity contribution >= 4 is 29.0 Å². The third-order valence-electron chi connectivity index (χ3n) is 4.38. The SMILES string of the molecule is CCC1CN(CC(=O)Nc2ccc(OC)c(OC)c2)c2ccccc2S1. The molecule has 1 aliphatic rings. The lowest BCUT2D eigenvalue weighted by atomic mass is 10.2. The Hall–Kier alpha value is -2.34. The first kappa shape index (κ1) is 18.5. The number of rotatable bonds is 6. The Morgan fingerprint density at radius 3 is 2.69 bits per heavy atom. The van der Waals surface area contributed by atoms with Gasteiger partial charge in [0.25, 0.3) is 0 Å². The lowest BCUT2D eigenvalue weighted by Gasteiger charge is -2.34. The standard InChI is InChI=1S/C20H24N2O3S/c1-4-15-12-22(16-7-5-6-8-19(16)26-15)13-20(23)21-14-9-10-17(24-2)18(11-14)25-3/h5-11,15H,4,12-13H2,1-3H3,(H,21,23). The highest BCUT2D eigenvalue weighted by Gasteiger charge is 2.25. The maximum atomic E-state index is 12.6. The van der Waals surface area contributed by atoms with Crippen LogP contribution < -0.4 is 19.7 Å². The van der Waals surface area contributed by atoms with Gasteiger partial charge >= 0.3 is 0 Å². The number of hydrogen-bond donors (Lipinski definition) is 1. The quantitative estimate of drug-likeness (QED) is 0.830. The summed E-state index contributed by atoms with van der Waals surface area (Å²) in [5.74, 6) is 1.18. The van der Waals surface area contributed by atoms with Gasteiger partial charge in [-0.2, -0.15) is 0 Å². The van der Waals surface area contributed by atoms with Crippen LogP contribution in [0.5, 0.6) is 11.5 Å². The summed E-state index contributed by atoms with van der Waals surface area (Å²) in [4.78, 5) is 16.0. The van der Waals surface area contributed by atoms with Crippen LogP contribution in [-0.4, -0.2) is 38.5 Å². The molecule has 6 heteroatoms. The number of methoxy groups -OCH3 is 2. The lowest BCUT2D eigenvalue weighted by molar-refractivity contribution is -0.115. The monoisotopic (exact) mass is 372 g/mol. The van der Waals surface area contributed by atoms with E-state index in [1.807, 2.05) is 30.0 Å². The first-order valence-corrected chi connectivity index (χ1v) is 9.55. The maximum Gasteiger partial charge on any atom is 0.243 e. The molecule has 26 heavy (non-hydrogen) atoms. The van der Waals surface area contributed by atoms with E-state index >= 15 is 0 Å². The van der Waals surface area contributed by atoms with E-state index in [1.54, 1.807) is 26.4 Å². The van der Waals surface area contributed by atoms with Crippen molar-refractivity contribution < 1.29 is 14.3 Å². The number of anilines is 2. The molecule has 0 aliphatic carbocycles. The fraction of sp³-hybridized carbons (Fsp3) is 0.350. The normalized spacial score (nSPS) is 16.0. The summed E-state index contributed by atoms with van der Waals surface area (Å²) in [6, 6.07) is 13.6. The first-order valence-electron chi connectivity index (χ1n) is 8.67. The van der Waals surface area contributed by atoms with Gasteiger partial charge in [0.05, 0.1) is 26.5 Å². The molecule has 1 heterocycles. The molecule has 0 saturated carbocycles. The van der Waals surface area contributed by atoms with E-state index in [1.165, 1.54) is 4.90 Å². The Bertz CT molecular complexity index is 781. The molecule has 1 unspecified atom stereocenters. The predicted octanol–water partition coefficient (Wildman–Crippen LogP) is 4.03. The fourth-order valence-electron chi connectivity index (χ4n) is 3.03. The number of carbonyl (C=O) groups is 1. The van der Waals surface area contributed by atoms with Gasteiger partial charge in [0.1, 0.15) is 0 Å². The topological polar surface area (TPSA) is 50.8 Å². The van der Waals surface area contributed by atoms with Crippen LogP contribution in [0.3, 0.4) is 0 Å². The Balaban J connectivity index is 1.72. The summed E-state index contributed by atoms with van der Waals surface area (Å²) in [5, 5.41) is 3.45. The second-order valence-corrected chi connectivity index (χ2v) is 7.46. The van der Waals surface area contributed by atoms with Crippen LogP contribution in [0.25, 0.3) is 0 Å². The number of hydrogen-bond acceptors (Lipinski definition) is 5. The van der Waals surface area contributed by atoms with Crippen molar-refractivity contribution in [2.45, 2.75) is 23.5 Å². The number of amides is 1. The number of ether oxygens (including phenoxy) is 2. The Morgan fingerprint density at radius 1 is 1.19 bits per heavy atom. The molecular weight excluding hydrogens is 348 g/mol. The average Bonchev–Trinajstić information content (AvgIpc) is 2.67. The van der Waals surface area contributed by atoms with Gasteiger partial charge in [-0.25, -0.2) is 0 Å². The molecular formula is C20H24N2O3S. The van der Waals surface area contributed by atoms with Crippen molar-refractivity contribution in [3.05, 3.63) is 42.5 Å². The molecule has 1 N–H and O–H groups in total. The molecule has 3 rings (SSSR count). The molecule has 2 aromatic rings. The largest absolute Gasteiger partial charge is 0.493 e. The van der Waals surface area contributed by atoms with Crippen molar-refractivity contribution in [2.24, 2.45) is 0 Å². The van der Waals surface area contributed by atoms with E-state index in [-0.39, 0.29) is 5.91 Å². The van der Waals surface area contributed by atoms with Crippen LogP contribution in [0.4, 0.5) is 11.4 Å². The predicted molar refractivity (Wildman–Crippen MR) is 107 cm³/mol. The number of carbonyl (C=O) groups excluding carboxylic acids is 1. The Morgan fingerprint density at radius 2 is 1.96 bits per heavy atom. The van der Waals surface area contributed by atoms with E-state index in [9.17, 15) is 4.79 Å². The molecule has 0 spiro atoms. The average molecular weight is 372 g/mol. The molecule has 1 amide bonds. The summed E-state index contributed by atoms with van der Waals surface area (Å²) < 4.78 is 10.5. The number of benzene rings is 2. The number of thioether (sulfide) groups is 1. The van der Waals surface area contributed by atoms with E-state index in [4.69, 9.17) is 9.47 Å². The zero-order valence-corrected chi connectivity index (χ0v) is 16.1. The van der Waals surface area contributed by atoms with E-state index in [0.29, 0.717) is 29.0 Å². The summed E-state index contributed by atoms with van der Waals surface area (Å²) in [7, 11) is 3.17. The minimum absolute atomic E-state index is 0.0474. The number of nitrogens with one attached hydrogen (secondary N) is 1. The molecule has 5 nitrogen and oxygen atoms in total. The molecule has 0 saturated heterocycles. The molecule has 0 aromatic heterocycles. The van der Waals surface area contributed by atoms with Crippen LogP contribution in [0.2, 0.25) is 0 Å². The van der Waals surface area contributed by atoms with Gasteiger partial charge in [-0.3, -0.25) is 4.79 Å². The Labute approximate surface area is 158 Å². The van der Waals surface area contributed by atoms with E-state index in [0.717, 1.165) is 18.7 Å². The third-order valence-corrected chi connectivity index (χ3v) is 5.80. The van der Waals surface area contributed by atoms with Gasteiger partial charge in [-0.05, 0) is 30.7 Å². The van der Waals surface area contributed by atoms with Crippen LogP contribution in [0, 0.1) is 0 Å². The molecule has 1 atom stereocenters. The smallest absolute Gasteiger partial charge is 0.243 e. The summed E-state index contributed by atoms with van der Waals surface area (Å²) in [6.45, 7) is 3.38. The second-order valence-electron chi connectivity index (χ2n) is 6.11. The van der Waals surface area contributed by atoms with Gasteiger partial charge in [0, 0.05) is 28.4 Å². The maximum absolute atomic E-state index is 12.6. The van der Waals surface area contributed by atoms with E-state index in [2.05, 4.69) is 29.3 Å². The fourth-order valence-corrected chi connectivity index (χ4v) is 4.28. The molecule has 138 valence electrons. The van der Waals surface area contributed by atoms with Gasteiger partial charge in [0.2, 0.25) is 5.91 Å². The van der Waals surface area contributed by atoms with Crippen LogP contribution >= 0.6 is 11.8 Å². The summed E-state index contributed by atoms with van der Waals surface area (Å²) >= 11 is 1.90. The van der Waals surface area contributed by atoms with Gasteiger partial charge < -0.3 is 19.7 Å².